The fourth-order valence-corrected chi connectivity index (χ4v) is 6.42. The lowest BCUT2D eigenvalue weighted by Gasteiger charge is -2.14. The molecule has 214 valence electrons. The molecule has 0 aliphatic rings. The van der Waals surface area contributed by atoms with Crippen molar-refractivity contribution in [2.75, 3.05) is 29.0 Å². The van der Waals surface area contributed by atoms with E-state index in [0.717, 1.165) is 5.56 Å². The summed E-state index contributed by atoms with van der Waals surface area (Å²) in [4.78, 5) is 12.6. The highest BCUT2D eigenvalue weighted by atomic mass is 35.5. The molecule has 4 aromatic rings. The molecule has 13 heteroatoms. The molecule has 0 spiro atoms. The smallest absolute Gasteiger partial charge is 0.263 e. The molecule has 0 bridgehead atoms. The SMILES string of the molecule is COc1ccc(NS(=O)(=O)c2ccc(NC(=O)c3ccc(Cl)c(S(=O)(=O)Nc4cccc(C)c4)c3)cc2)c(OC)c1. The van der Waals surface area contributed by atoms with Crippen molar-refractivity contribution in [3.63, 3.8) is 0 Å². The van der Waals surface area contributed by atoms with Crippen LogP contribution in [0, 0.1) is 6.92 Å². The van der Waals surface area contributed by atoms with Gasteiger partial charge in [0.15, 0.2) is 0 Å². The number of hydrogen-bond acceptors (Lipinski definition) is 7. The minimum atomic E-state index is -4.10. The predicted molar refractivity (Wildman–Crippen MR) is 158 cm³/mol. The van der Waals surface area contributed by atoms with Crippen LogP contribution in [0.3, 0.4) is 0 Å². The zero-order valence-electron chi connectivity index (χ0n) is 22.1. The van der Waals surface area contributed by atoms with Crippen molar-refractivity contribution in [3.8, 4) is 11.5 Å². The highest BCUT2D eigenvalue weighted by Crippen LogP contribution is 2.31. The lowest BCUT2D eigenvalue weighted by molar-refractivity contribution is 0.102. The first-order valence-electron chi connectivity index (χ1n) is 12.0. The van der Waals surface area contributed by atoms with Gasteiger partial charge in [-0.1, -0.05) is 23.7 Å². The molecule has 0 unspecified atom stereocenters. The Balaban J connectivity index is 1.50. The van der Waals surface area contributed by atoms with Gasteiger partial charge in [-0.05, 0) is 79.2 Å². The number of benzene rings is 4. The average Bonchev–Trinajstić information content (AvgIpc) is 2.93. The average molecular weight is 616 g/mol. The molecule has 0 fully saturated rings. The van der Waals surface area contributed by atoms with Gasteiger partial charge in [0, 0.05) is 23.0 Å². The molecule has 0 aromatic heterocycles. The Labute approximate surface area is 243 Å². The number of carbonyl (C=O) groups excluding carboxylic acids is 1. The molecule has 3 N–H and O–H groups in total. The number of carbonyl (C=O) groups is 1. The first kappa shape index (κ1) is 29.7. The number of hydrogen-bond donors (Lipinski definition) is 3. The molecule has 0 saturated heterocycles. The number of sulfonamides is 2. The highest BCUT2D eigenvalue weighted by molar-refractivity contribution is 7.93. The molecule has 1 amide bonds. The molecule has 0 aliphatic carbocycles. The van der Waals surface area contributed by atoms with Gasteiger partial charge in [-0.25, -0.2) is 16.8 Å². The summed E-state index contributed by atoms with van der Waals surface area (Å²) in [5.41, 5.74) is 1.75. The van der Waals surface area contributed by atoms with E-state index in [0.29, 0.717) is 11.4 Å². The Bertz CT molecular complexity index is 1810. The molecule has 0 atom stereocenters. The number of methoxy groups -OCH3 is 2. The highest BCUT2D eigenvalue weighted by Gasteiger charge is 2.21. The van der Waals surface area contributed by atoms with E-state index < -0.39 is 26.0 Å². The van der Waals surface area contributed by atoms with Crippen molar-refractivity contribution >= 4 is 54.6 Å². The van der Waals surface area contributed by atoms with E-state index in [1.54, 1.807) is 30.3 Å². The third-order valence-corrected chi connectivity index (χ3v) is 9.07. The topological polar surface area (TPSA) is 140 Å². The van der Waals surface area contributed by atoms with E-state index in [9.17, 15) is 21.6 Å². The fraction of sp³-hybridized carbons (Fsp3) is 0.107. The van der Waals surface area contributed by atoms with Crippen molar-refractivity contribution in [1.82, 2.24) is 0 Å². The van der Waals surface area contributed by atoms with Crippen LogP contribution in [0.4, 0.5) is 17.1 Å². The third kappa shape index (κ3) is 7.09. The second kappa shape index (κ2) is 12.1. The van der Waals surface area contributed by atoms with Gasteiger partial charge in [-0.15, -0.1) is 0 Å². The summed E-state index contributed by atoms with van der Waals surface area (Å²) in [5.74, 6) is 0.151. The summed E-state index contributed by atoms with van der Waals surface area (Å²) in [6, 6.07) is 20.8. The molecular formula is C28H26ClN3O7S2. The van der Waals surface area contributed by atoms with Crippen LogP contribution in [0.2, 0.25) is 5.02 Å². The molecule has 0 heterocycles. The predicted octanol–water partition coefficient (Wildman–Crippen LogP) is 5.52. The summed E-state index contributed by atoms with van der Waals surface area (Å²) < 4.78 is 67.2. The van der Waals surface area contributed by atoms with Crippen molar-refractivity contribution in [3.05, 3.63) is 101 Å². The van der Waals surface area contributed by atoms with E-state index >= 15 is 0 Å². The summed E-state index contributed by atoms with van der Waals surface area (Å²) >= 11 is 6.17. The number of rotatable bonds is 10. The Kier molecular flexibility index (Phi) is 8.76. The molecule has 0 saturated carbocycles. The molecule has 10 nitrogen and oxygen atoms in total. The Morgan fingerprint density at radius 2 is 1.49 bits per heavy atom. The van der Waals surface area contributed by atoms with E-state index in [-0.39, 0.29) is 37.5 Å². The quantitative estimate of drug-likeness (QED) is 0.213. The standard InChI is InChI=1S/C28H26ClN3O7S2/c1-18-5-4-6-21(15-18)31-41(36,37)27-16-19(7-13-24(27)29)28(33)30-20-8-11-23(12-9-20)40(34,35)32-25-14-10-22(38-2)17-26(25)39-3/h4-17,31-32H,1-3H3,(H,30,33). The zero-order chi connectivity index (χ0) is 29.8. The molecule has 0 aliphatic heterocycles. The Hall–Kier alpha value is -4.26. The van der Waals surface area contributed by atoms with Crippen LogP contribution in [0.5, 0.6) is 11.5 Å². The molecule has 0 radical (unpaired) electrons. The Morgan fingerprint density at radius 1 is 0.756 bits per heavy atom. The van der Waals surface area contributed by atoms with Gasteiger partial charge in [0.25, 0.3) is 26.0 Å². The van der Waals surface area contributed by atoms with E-state index in [1.807, 2.05) is 13.0 Å². The maximum absolute atomic E-state index is 13.0. The van der Waals surface area contributed by atoms with Crippen LogP contribution in [0.25, 0.3) is 0 Å². The first-order chi connectivity index (χ1) is 19.4. The van der Waals surface area contributed by atoms with Crippen LogP contribution < -0.4 is 24.2 Å². The normalized spacial score (nSPS) is 11.4. The summed E-state index contributed by atoms with van der Waals surface area (Å²) in [6.07, 6.45) is 0. The fourth-order valence-electron chi connectivity index (χ4n) is 3.78. The Morgan fingerprint density at radius 3 is 2.15 bits per heavy atom. The summed E-state index contributed by atoms with van der Waals surface area (Å²) in [7, 11) is -5.20. The van der Waals surface area contributed by atoms with Crippen molar-refractivity contribution in [2.24, 2.45) is 0 Å². The number of anilines is 3. The van der Waals surface area contributed by atoms with Gasteiger partial charge in [-0.3, -0.25) is 14.2 Å². The van der Waals surface area contributed by atoms with E-state index in [2.05, 4.69) is 14.8 Å². The van der Waals surface area contributed by atoms with Gasteiger partial charge >= 0.3 is 0 Å². The number of halogens is 1. The zero-order valence-corrected chi connectivity index (χ0v) is 24.5. The van der Waals surface area contributed by atoms with E-state index in [4.69, 9.17) is 21.1 Å². The summed E-state index contributed by atoms with van der Waals surface area (Å²) in [5, 5.41) is 2.57. The minimum Gasteiger partial charge on any atom is -0.497 e. The van der Waals surface area contributed by atoms with Crippen LogP contribution >= 0.6 is 11.6 Å². The number of ether oxygens (including phenoxy) is 2. The number of amides is 1. The van der Waals surface area contributed by atoms with Gasteiger partial charge in [0.05, 0.1) is 29.8 Å². The van der Waals surface area contributed by atoms with Crippen LogP contribution in [-0.2, 0) is 20.0 Å². The monoisotopic (exact) mass is 615 g/mol. The molecule has 4 aromatic carbocycles. The van der Waals surface area contributed by atoms with Crippen LogP contribution in [0.1, 0.15) is 15.9 Å². The van der Waals surface area contributed by atoms with Gasteiger partial charge in [0.1, 0.15) is 16.4 Å². The minimum absolute atomic E-state index is 0.0315. The lowest BCUT2D eigenvalue weighted by Crippen LogP contribution is -2.17. The second-order valence-electron chi connectivity index (χ2n) is 8.77. The third-order valence-electron chi connectivity index (χ3n) is 5.83. The maximum atomic E-state index is 13.0. The van der Waals surface area contributed by atoms with Crippen molar-refractivity contribution in [2.45, 2.75) is 16.7 Å². The lowest BCUT2D eigenvalue weighted by atomic mass is 10.2. The van der Waals surface area contributed by atoms with Crippen molar-refractivity contribution in [1.29, 1.82) is 0 Å². The number of aryl methyl sites for hydroxylation is 1. The van der Waals surface area contributed by atoms with Gasteiger partial charge in [0.2, 0.25) is 0 Å². The van der Waals surface area contributed by atoms with Crippen molar-refractivity contribution < 1.29 is 31.1 Å². The second-order valence-corrected chi connectivity index (χ2v) is 12.5. The van der Waals surface area contributed by atoms with Crippen LogP contribution in [-0.4, -0.2) is 37.0 Å². The van der Waals surface area contributed by atoms with E-state index in [1.165, 1.54) is 62.8 Å². The van der Waals surface area contributed by atoms with Gasteiger partial charge in [-0.2, -0.15) is 0 Å². The maximum Gasteiger partial charge on any atom is 0.263 e. The molecule has 41 heavy (non-hydrogen) atoms. The first-order valence-corrected chi connectivity index (χ1v) is 15.3. The largest absolute Gasteiger partial charge is 0.497 e. The molecule has 4 rings (SSSR count). The van der Waals surface area contributed by atoms with Crippen LogP contribution in [0.15, 0.2) is 94.7 Å². The summed E-state index contributed by atoms with van der Waals surface area (Å²) in [6.45, 7) is 1.83. The molecular weight excluding hydrogens is 590 g/mol. The van der Waals surface area contributed by atoms with Gasteiger partial charge < -0.3 is 14.8 Å². The number of nitrogens with one attached hydrogen (secondary N) is 3.